The van der Waals surface area contributed by atoms with Crippen molar-refractivity contribution < 1.29 is 9.59 Å². The van der Waals surface area contributed by atoms with Gasteiger partial charge in [0.05, 0.1) is 22.8 Å². The highest BCUT2D eigenvalue weighted by atomic mass is 16.1. The Morgan fingerprint density at radius 1 is 0.457 bits per heavy atom. The minimum Gasteiger partial charge on any atom is -0.361 e. The molecule has 0 radical (unpaired) electrons. The van der Waals surface area contributed by atoms with Crippen molar-refractivity contribution in [2.75, 3.05) is 10.6 Å². The average Bonchev–Trinajstić information content (AvgIpc) is 3.10. The Morgan fingerprint density at radius 3 is 1.24 bits per heavy atom. The second kappa shape index (κ2) is 12.7. The van der Waals surface area contributed by atoms with Crippen molar-refractivity contribution in [3.63, 3.8) is 0 Å². The van der Waals surface area contributed by atoms with Gasteiger partial charge in [0.15, 0.2) is 11.6 Å². The van der Waals surface area contributed by atoms with Crippen molar-refractivity contribution in [2.45, 2.75) is 0 Å². The van der Waals surface area contributed by atoms with Crippen LogP contribution < -0.4 is 10.6 Å². The molecule has 4 aromatic carbocycles. The minimum absolute atomic E-state index is 0.0227. The first-order valence-electron chi connectivity index (χ1n) is 14.9. The zero-order chi connectivity index (χ0) is 31.3. The fourth-order valence-electron chi connectivity index (χ4n) is 5.28. The van der Waals surface area contributed by atoms with Gasteiger partial charge in [0.25, 0.3) is 0 Å². The van der Waals surface area contributed by atoms with E-state index in [4.69, 9.17) is 9.98 Å². The van der Waals surface area contributed by atoms with Crippen molar-refractivity contribution >= 4 is 45.7 Å². The Morgan fingerprint density at radius 2 is 0.848 bits per heavy atom. The number of fused-ring (bicyclic) bond motifs is 2. The number of rotatable bonds is 6. The molecule has 0 amide bonds. The number of carbonyl (C=O) groups is 2. The fraction of sp³-hybridized carbons (Fsp3) is 0. The fourth-order valence-corrected chi connectivity index (χ4v) is 5.28. The molecule has 1 heterocycles. The number of aliphatic imine (C=N–C) groups is 2. The molecule has 6 heteroatoms. The third kappa shape index (κ3) is 6.27. The van der Waals surface area contributed by atoms with Gasteiger partial charge in [0.2, 0.25) is 0 Å². The molecule has 0 fully saturated rings. The highest BCUT2D eigenvalue weighted by Crippen LogP contribution is 2.36. The van der Waals surface area contributed by atoms with Crippen LogP contribution in [-0.4, -0.2) is 23.0 Å². The first-order valence-corrected chi connectivity index (χ1v) is 14.9. The van der Waals surface area contributed by atoms with Gasteiger partial charge in [-0.25, -0.2) is 9.98 Å². The van der Waals surface area contributed by atoms with Crippen LogP contribution in [0.2, 0.25) is 0 Å². The molecule has 220 valence electrons. The lowest BCUT2D eigenvalue weighted by molar-refractivity contribution is -0.111. The topological polar surface area (TPSA) is 82.9 Å². The van der Waals surface area contributed by atoms with E-state index in [1.54, 1.807) is 48.6 Å². The van der Waals surface area contributed by atoms with Crippen LogP contribution in [0.5, 0.6) is 0 Å². The molecule has 2 aliphatic carbocycles. The van der Waals surface area contributed by atoms with Crippen LogP contribution in [0.4, 0.5) is 22.7 Å². The van der Waals surface area contributed by atoms with Crippen LogP contribution in [0.3, 0.4) is 0 Å². The van der Waals surface area contributed by atoms with E-state index in [1.165, 1.54) is 0 Å². The SMILES string of the molecule is O=C1C=CC(=CNc2ccc3c(c2)C(c2ccccc2)=Nc2ccc(NC=C4C=CC(=O)C=C4)cc2C(c2ccccc2)=N3)C=C1. The summed E-state index contributed by atoms with van der Waals surface area (Å²) in [7, 11) is 0. The molecule has 0 atom stereocenters. The lowest BCUT2D eigenvalue weighted by atomic mass is 9.95. The summed E-state index contributed by atoms with van der Waals surface area (Å²) in [5.74, 6) is -0.0454. The normalized spacial score (nSPS) is 14.9. The van der Waals surface area contributed by atoms with Crippen LogP contribution >= 0.6 is 0 Å². The molecule has 2 N–H and O–H groups in total. The van der Waals surface area contributed by atoms with Gasteiger partial charge in [0.1, 0.15) is 0 Å². The lowest BCUT2D eigenvalue weighted by Gasteiger charge is -2.19. The Hall–Kier alpha value is -6.40. The van der Waals surface area contributed by atoms with Gasteiger partial charge in [-0.3, -0.25) is 9.59 Å². The first kappa shape index (κ1) is 28.4. The Bertz CT molecular complexity index is 1920. The predicted octanol–water partition coefficient (Wildman–Crippen LogP) is 8.32. The number of nitrogens with zero attached hydrogens (tertiary/aromatic N) is 2. The molecule has 0 saturated carbocycles. The summed E-state index contributed by atoms with van der Waals surface area (Å²) in [6, 6.07) is 32.4. The largest absolute Gasteiger partial charge is 0.361 e. The smallest absolute Gasteiger partial charge is 0.178 e. The monoisotopic (exact) mass is 596 g/mol. The highest BCUT2D eigenvalue weighted by molar-refractivity contribution is 6.23. The predicted molar refractivity (Wildman–Crippen MR) is 186 cm³/mol. The van der Waals surface area contributed by atoms with E-state index in [2.05, 4.69) is 47.0 Å². The number of hydrogen-bond acceptors (Lipinski definition) is 6. The van der Waals surface area contributed by atoms with Gasteiger partial charge in [-0.05, 0) is 96.2 Å². The van der Waals surface area contributed by atoms with E-state index in [9.17, 15) is 9.59 Å². The summed E-state index contributed by atoms with van der Waals surface area (Å²) in [4.78, 5) is 33.7. The molecule has 0 spiro atoms. The maximum Gasteiger partial charge on any atom is 0.178 e. The number of hydrogen-bond donors (Lipinski definition) is 2. The van der Waals surface area contributed by atoms with Crippen molar-refractivity contribution in [3.8, 4) is 0 Å². The van der Waals surface area contributed by atoms with Crippen LogP contribution in [0.1, 0.15) is 22.3 Å². The summed E-state index contributed by atoms with van der Waals surface area (Å²) in [5, 5.41) is 6.76. The van der Waals surface area contributed by atoms with E-state index >= 15 is 0 Å². The molecule has 4 aromatic rings. The van der Waals surface area contributed by atoms with Gasteiger partial charge in [-0.1, -0.05) is 60.7 Å². The number of benzene rings is 4. The second-order valence-corrected chi connectivity index (χ2v) is 10.8. The number of carbonyl (C=O) groups excluding carboxylic acids is 2. The van der Waals surface area contributed by atoms with Crippen molar-refractivity contribution in [1.29, 1.82) is 0 Å². The Labute approximate surface area is 267 Å². The average molecular weight is 597 g/mol. The Balaban J connectivity index is 1.36. The van der Waals surface area contributed by atoms with Gasteiger partial charge in [-0.2, -0.15) is 0 Å². The van der Waals surface area contributed by atoms with Crippen LogP contribution in [-0.2, 0) is 9.59 Å². The van der Waals surface area contributed by atoms with Gasteiger partial charge in [-0.15, -0.1) is 0 Å². The summed E-state index contributed by atoms with van der Waals surface area (Å²) in [5.41, 5.74) is 10.4. The minimum atomic E-state index is -0.0227. The van der Waals surface area contributed by atoms with Crippen LogP contribution in [0, 0.1) is 0 Å². The standard InChI is InChI=1S/C40H28N4O2/c45-33-17-11-27(12-18-33)25-41-31-15-21-37-35(23-31)39(29-7-3-1-4-8-29)43-38-22-16-32(42-26-28-13-19-34(46)20-14-28)24-36(38)40(44-37)30-9-5-2-6-10-30/h1-26,41-42H. The molecule has 6 nitrogen and oxygen atoms in total. The van der Waals surface area contributed by atoms with Crippen molar-refractivity contribution in [1.82, 2.24) is 0 Å². The third-order valence-corrected chi connectivity index (χ3v) is 7.63. The third-order valence-electron chi connectivity index (χ3n) is 7.63. The van der Waals surface area contributed by atoms with Gasteiger partial charge in [0, 0.05) is 46.0 Å². The molecule has 46 heavy (non-hydrogen) atoms. The lowest BCUT2D eigenvalue weighted by Crippen LogP contribution is -2.11. The molecule has 0 bridgehead atoms. The van der Waals surface area contributed by atoms with Crippen molar-refractivity contribution in [2.24, 2.45) is 9.98 Å². The summed E-state index contributed by atoms with van der Waals surface area (Å²) in [6.45, 7) is 0. The van der Waals surface area contributed by atoms with E-state index in [1.807, 2.05) is 73.1 Å². The van der Waals surface area contributed by atoms with E-state index in [0.29, 0.717) is 0 Å². The molecule has 1 aliphatic heterocycles. The molecule has 0 saturated heterocycles. The summed E-state index contributed by atoms with van der Waals surface area (Å²) < 4.78 is 0. The molecular weight excluding hydrogens is 568 g/mol. The number of nitrogens with one attached hydrogen (secondary N) is 2. The molecular formula is C40H28N4O2. The maximum atomic E-state index is 11.6. The molecule has 7 rings (SSSR count). The van der Waals surface area contributed by atoms with Crippen LogP contribution in [0.25, 0.3) is 0 Å². The zero-order valence-corrected chi connectivity index (χ0v) is 24.7. The molecule has 0 unspecified atom stereocenters. The number of allylic oxidation sites excluding steroid dienone is 10. The van der Waals surface area contributed by atoms with E-state index in [-0.39, 0.29) is 11.6 Å². The second-order valence-electron chi connectivity index (χ2n) is 10.8. The molecule has 0 aromatic heterocycles. The maximum absolute atomic E-state index is 11.6. The van der Waals surface area contributed by atoms with E-state index in [0.717, 1.165) is 67.6 Å². The van der Waals surface area contributed by atoms with Crippen LogP contribution in [0.15, 0.2) is 179 Å². The quantitative estimate of drug-likeness (QED) is 0.207. The van der Waals surface area contributed by atoms with Gasteiger partial charge < -0.3 is 10.6 Å². The zero-order valence-electron chi connectivity index (χ0n) is 24.7. The molecule has 3 aliphatic rings. The number of anilines is 2. The van der Waals surface area contributed by atoms with E-state index < -0.39 is 0 Å². The highest BCUT2D eigenvalue weighted by Gasteiger charge is 2.21. The summed E-state index contributed by atoms with van der Waals surface area (Å²) in [6.07, 6.45) is 17.1. The Kier molecular flexibility index (Phi) is 7.82. The first-order chi connectivity index (χ1) is 22.6. The van der Waals surface area contributed by atoms with Gasteiger partial charge >= 0.3 is 0 Å². The summed E-state index contributed by atoms with van der Waals surface area (Å²) >= 11 is 0. The number of ketones is 2. The van der Waals surface area contributed by atoms with Crippen molar-refractivity contribution in [3.05, 3.63) is 191 Å².